The normalized spacial score (nSPS) is 11.7. The van der Waals surface area contributed by atoms with Crippen LogP contribution in [0, 0.1) is 0 Å². The van der Waals surface area contributed by atoms with Crippen molar-refractivity contribution < 1.29 is 9.53 Å². The second-order valence-electron chi connectivity index (χ2n) is 6.65. The number of methoxy groups -OCH3 is 1. The van der Waals surface area contributed by atoms with Crippen molar-refractivity contribution in [1.82, 2.24) is 0 Å². The van der Waals surface area contributed by atoms with Crippen LogP contribution in [0.3, 0.4) is 0 Å². The minimum Gasteiger partial charge on any atom is -0.497 e. The number of halogens is 1. The van der Waals surface area contributed by atoms with Crippen molar-refractivity contribution >= 4 is 27.4 Å². The molecule has 0 aromatic heterocycles. The maximum absolute atomic E-state index is 12.9. The second-order valence-corrected chi connectivity index (χ2v) is 7.57. The summed E-state index contributed by atoms with van der Waals surface area (Å²) in [6.45, 7) is 2.11. The Bertz CT molecular complexity index is 903. The molecule has 0 bridgehead atoms. The van der Waals surface area contributed by atoms with Crippen molar-refractivity contribution in [2.24, 2.45) is 0 Å². The Kier molecular flexibility index (Phi) is 6.88. The third-order valence-corrected chi connectivity index (χ3v) is 5.31. The number of ketones is 1. The van der Waals surface area contributed by atoms with Crippen molar-refractivity contribution in [3.05, 3.63) is 94.0 Å². The van der Waals surface area contributed by atoms with Gasteiger partial charge in [-0.2, -0.15) is 0 Å². The first kappa shape index (κ1) is 20.2. The van der Waals surface area contributed by atoms with Gasteiger partial charge in [0.25, 0.3) is 0 Å². The van der Waals surface area contributed by atoms with E-state index in [0.717, 1.165) is 33.5 Å². The van der Waals surface area contributed by atoms with Crippen molar-refractivity contribution in [1.29, 1.82) is 0 Å². The number of carbonyl (C=O) groups excluding carboxylic acids is 1. The quantitative estimate of drug-likeness (QED) is 0.411. The average molecular weight is 438 g/mol. The van der Waals surface area contributed by atoms with E-state index < -0.39 is 0 Å². The summed E-state index contributed by atoms with van der Waals surface area (Å²) in [5.74, 6) is 0.917. The molecule has 0 saturated carbocycles. The lowest BCUT2D eigenvalue weighted by molar-refractivity contribution is 0.0976. The average Bonchev–Trinajstić information content (AvgIpc) is 2.75. The SMILES string of the molecule is CCc1ccc(C(=O)CC(Nc2ccc(Br)cc2)c2ccc(OC)cc2)cc1. The number of nitrogens with one attached hydrogen (secondary N) is 1. The molecule has 1 N–H and O–H groups in total. The van der Waals surface area contributed by atoms with Crippen molar-refractivity contribution in [3.63, 3.8) is 0 Å². The second kappa shape index (κ2) is 9.56. The molecule has 3 aromatic carbocycles. The lowest BCUT2D eigenvalue weighted by atomic mass is 9.96. The Hall–Kier alpha value is -2.59. The minimum absolute atomic E-state index is 0.119. The van der Waals surface area contributed by atoms with Crippen LogP contribution < -0.4 is 10.1 Å². The highest BCUT2D eigenvalue weighted by Crippen LogP contribution is 2.27. The van der Waals surface area contributed by atoms with Gasteiger partial charge in [-0.3, -0.25) is 4.79 Å². The molecule has 4 heteroatoms. The number of carbonyl (C=O) groups is 1. The van der Waals surface area contributed by atoms with Crippen molar-refractivity contribution in [2.75, 3.05) is 12.4 Å². The summed E-state index contributed by atoms with van der Waals surface area (Å²) in [7, 11) is 1.65. The van der Waals surface area contributed by atoms with Gasteiger partial charge in [-0.15, -0.1) is 0 Å². The molecule has 0 aliphatic rings. The van der Waals surface area contributed by atoms with Crippen LogP contribution >= 0.6 is 15.9 Å². The van der Waals surface area contributed by atoms with Crippen LogP contribution in [0.15, 0.2) is 77.3 Å². The first-order valence-electron chi connectivity index (χ1n) is 9.37. The van der Waals surface area contributed by atoms with E-state index in [4.69, 9.17) is 4.74 Å². The number of rotatable bonds is 8. The molecule has 144 valence electrons. The number of anilines is 1. The maximum Gasteiger partial charge on any atom is 0.165 e. The standard InChI is InChI=1S/C24H24BrNO2/c1-3-17-4-6-19(7-5-17)24(27)16-23(18-8-14-22(28-2)15-9-18)26-21-12-10-20(25)11-13-21/h4-15,23,26H,3,16H2,1-2H3. The van der Waals surface area contributed by atoms with Gasteiger partial charge in [-0.25, -0.2) is 0 Å². The first-order chi connectivity index (χ1) is 13.6. The number of hydrogen-bond acceptors (Lipinski definition) is 3. The Labute approximate surface area is 174 Å². The highest BCUT2D eigenvalue weighted by molar-refractivity contribution is 9.10. The van der Waals surface area contributed by atoms with E-state index >= 15 is 0 Å². The van der Waals surface area contributed by atoms with Crippen LogP contribution in [0.5, 0.6) is 5.75 Å². The van der Waals surface area contributed by atoms with Crippen LogP contribution in [0.4, 0.5) is 5.69 Å². The van der Waals surface area contributed by atoms with Gasteiger partial charge in [0.2, 0.25) is 0 Å². The van der Waals surface area contributed by atoms with Gasteiger partial charge >= 0.3 is 0 Å². The molecule has 0 aliphatic carbocycles. The number of ether oxygens (including phenoxy) is 1. The highest BCUT2D eigenvalue weighted by atomic mass is 79.9. The number of aryl methyl sites for hydroxylation is 1. The highest BCUT2D eigenvalue weighted by Gasteiger charge is 2.18. The summed E-state index contributed by atoms with van der Waals surface area (Å²) in [4.78, 5) is 12.9. The molecule has 0 heterocycles. The molecular formula is C24H24BrNO2. The number of Topliss-reactive ketones (excluding diaryl/α,β-unsaturated/α-hetero) is 1. The van der Waals surface area contributed by atoms with Crippen LogP contribution in [0.1, 0.15) is 40.9 Å². The van der Waals surface area contributed by atoms with Crippen molar-refractivity contribution in [3.8, 4) is 5.75 Å². The zero-order chi connectivity index (χ0) is 19.9. The molecule has 1 unspecified atom stereocenters. The van der Waals surface area contributed by atoms with E-state index in [0.29, 0.717) is 6.42 Å². The summed E-state index contributed by atoms with van der Waals surface area (Å²) in [6.07, 6.45) is 1.34. The Morgan fingerprint density at radius 2 is 1.61 bits per heavy atom. The van der Waals surface area contributed by atoms with E-state index in [1.54, 1.807) is 7.11 Å². The summed E-state index contributed by atoms with van der Waals surface area (Å²) >= 11 is 3.46. The van der Waals surface area contributed by atoms with E-state index in [1.165, 1.54) is 5.56 Å². The number of hydrogen-bond donors (Lipinski definition) is 1. The fourth-order valence-corrected chi connectivity index (χ4v) is 3.33. The Balaban J connectivity index is 1.83. The predicted molar refractivity (Wildman–Crippen MR) is 118 cm³/mol. The monoisotopic (exact) mass is 437 g/mol. The summed E-state index contributed by atoms with van der Waals surface area (Å²) in [6, 6.07) is 23.6. The molecule has 1 atom stereocenters. The molecule has 0 fully saturated rings. The Morgan fingerprint density at radius 3 is 2.18 bits per heavy atom. The molecule has 0 radical (unpaired) electrons. The molecule has 28 heavy (non-hydrogen) atoms. The Morgan fingerprint density at radius 1 is 0.964 bits per heavy atom. The summed E-state index contributed by atoms with van der Waals surface area (Å²) in [5, 5.41) is 3.50. The van der Waals surface area contributed by atoms with Gasteiger partial charge in [-0.05, 0) is 53.9 Å². The zero-order valence-electron chi connectivity index (χ0n) is 16.1. The smallest absolute Gasteiger partial charge is 0.165 e. The largest absolute Gasteiger partial charge is 0.497 e. The molecule has 0 aliphatic heterocycles. The van der Waals surface area contributed by atoms with Crippen LogP contribution in [0.25, 0.3) is 0 Å². The van der Waals surface area contributed by atoms with Gasteiger partial charge < -0.3 is 10.1 Å². The fraction of sp³-hybridized carbons (Fsp3) is 0.208. The molecule has 0 spiro atoms. The van der Waals surface area contributed by atoms with Crippen molar-refractivity contribution in [2.45, 2.75) is 25.8 Å². The first-order valence-corrected chi connectivity index (χ1v) is 10.2. The molecule has 3 aromatic rings. The summed E-state index contributed by atoms with van der Waals surface area (Å²) in [5.41, 5.74) is 3.99. The molecular weight excluding hydrogens is 414 g/mol. The van der Waals surface area contributed by atoms with Gasteiger partial charge in [-0.1, -0.05) is 59.3 Å². The maximum atomic E-state index is 12.9. The van der Waals surface area contributed by atoms with Crippen LogP contribution in [0.2, 0.25) is 0 Å². The lowest BCUT2D eigenvalue weighted by Crippen LogP contribution is -2.16. The third-order valence-electron chi connectivity index (χ3n) is 4.78. The molecule has 0 saturated heterocycles. The van der Waals surface area contributed by atoms with Gasteiger partial charge in [0, 0.05) is 22.1 Å². The zero-order valence-corrected chi connectivity index (χ0v) is 17.7. The molecule has 3 nitrogen and oxygen atoms in total. The third kappa shape index (κ3) is 5.23. The van der Waals surface area contributed by atoms with Gasteiger partial charge in [0.05, 0.1) is 13.2 Å². The fourth-order valence-electron chi connectivity index (χ4n) is 3.07. The number of benzene rings is 3. The van der Waals surface area contributed by atoms with E-state index in [9.17, 15) is 4.79 Å². The predicted octanol–water partition coefficient (Wildman–Crippen LogP) is 6.45. The van der Waals surface area contributed by atoms with Gasteiger partial charge in [0.1, 0.15) is 5.75 Å². The van der Waals surface area contributed by atoms with E-state index in [2.05, 4.69) is 28.2 Å². The topological polar surface area (TPSA) is 38.3 Å². The van der Waals surface area contributed by atoms with Gasteiger partial charge in [0.15, 0.2) is 5.78 Å². The van der Waals surface area contributed by atoms with E-state index in [1.807, 2.05) is 72.8 Å². The van der Waals surface area contributed by atoms with Crippen LogP contribution in [-0.2, 0) is 6.42 Å². The molecule has 0 amide bonds. The summed E-state index contributed by atoms with van der Waals surface area (Å²) < 4.78 is 6.28. The minimum atomic E-state index is -0.134. The van der Waals surface area contributed by atoms with E-state index in [-0.39, 0.29) is 11.8 Å². The van der Waals surface area contributed by atoms with Crippen LogP contribution in [-0.4, -0.2) is 12.9 Å². The molecule has 3 rings (SSSR count). The lowest BCUT2D eigenvalue weighted by Gasteiger charge is -2.20.